The summed E-state index contributed by atoms with van der Waals surface area (Å²) >= 11 is 12.1. The first kappa shape index (κ1) is 22.6. The summed E-state index contributed by atoms with van der Waals surface area (Å²) in [6.45, 7) is 3.91. The first-order valence-corrected chi connectivity index (χ1v) is 10.8. The predicted octanol–water partition coefficient (Wildman–Crippen LogP) is 5.64. The van der Waals surface area contributed by atoms with Crippen LogP contribution in [-0.2, 0) is 9.59 Å². The van der Waals surface area contributed by atoms with Gasteiger partial charge < -0.3 is 10.6 Å². The lowest BCUT2D eigenvalue weighted by Crippen LogP contribution is -2.32. The van der Waals surface area contributed by atoms with Crippen LogP contribution in [0.3, 0.4) is 0 Å². The van der Waals surface area contributed by atoms with E-state index < -0.39 is 11.8 Å². The van der Waals surface area contributed by atoms with Gasteiger partial charge in [0.05, 0.1) is 5.69 Å². The molecule has 1 aliphatic heterocycles. The van der Waals surface area contributed by atoms with E-state index in [0.29, 0.717) is 22.0 Å². The molecule has 0 spiro atoms. The van der Waals surface area contributed by atoms with Crippen molar-refractivity contribution in [3.63, 3.8) is 0 Å². The third kappa shape index (κ3) is 4.49. The fraction of sp³-hybridized carbons (Fsp3) is 0.0800. The monoisotopic (exact) mass is 479 g/mol. The van der Waals surface area contributed by atoms with Gasteiger partial charge in [0.1, 0.15) is 10.7 Å². The molecule has 3 aromatic rings. The molecular weight excluding hydrogens is 461 g/mol. The van der Waals surface area contributed by atoms with Gasteiger partial charge in [-0.3, -0.25) is 14.4 Å². The van der Waals surface area contributed by atoms with Crippen molar-refractivity contribution in [3.8, 4) is 0 Å². The van der Waals surface area contributed by atoms with Crippen molar-refractivity contribution >= 4 is 58.0 Å². The molecule has 3 amide bonds. The minimum Gasteiger partial charge on any atom is -0.350 e. The highest BCUT2D eigenvalue weighted by Crippen LogP contribution is 2.31. The molecule has 4 rings (SSSR count). The van der Waals surface area contributed by atoms with Crippen LogP contribution in [0.1, 0.15) is 21.5 Å². The SMILES string of the molecule is Cc1cccc(NC(=O)c2cccc(NC3=C(Cl)C(=O)N(c4ccc(Cl)cc4)C3=O)c2)c1C. The van der Waals surface area contributed by atoms with Gasteiger partial charge in [-0.05, 0) is 73.5 Å². The summed E-state index contributed by atoms with van der Waals surface area (Å²) in [5, 5.41) is 6.03. The lowest BCUT2D eigenvalue weighted by atomic mass is 10.1. The van der Waals surface area contributed by atoms with Crippen molar-refractivity contribution in [2.24, 2.45) is 0 Å². The van der Waals surface area contributed by atoms with Gasteiger partial charge in [-0.2, -0.15) is 0 Å². The van der Waals surface area contributed by atoms with Gasteiger partial charge in [0, 0.05) is 22.0 Å². The topological polar surface area (TPSA) is 78.5 Å². The van der Waals surface area contributed by atoms with Crippen LogP contribution in [0, 0.1) is 13.8 Å². The van der Waals surface area contributed by atoms with E-state index in [-0.39, 0.29) is 16.6 Å². The van der Waals surface area contributed by atoms with E-state index in [1.165, 1.54) is 0 Å². The second-order valence-electron chi connectivity index (χ2n) is 7.52. The number of amides is 3. The number of benzene rings is 3. The predicted molar refractivity (Wildman–Crippen MR) is 131 cm³/mol. The van der Waals surface area contributed by atoms with Crippen molar-refractivity contribution in [2.75, 3.05) is 15.5 Å². The molecule has 0 aromatic heterocycles. The van der Waals surface area contributed by atoms with Gasteiger partial charge in [-0.25, -0.2) is 4.90 Å². The second-order valence-corrected chi connectivity index (χ2v) is 8.33. The highest BCUT2D eigenvalue weighted by molar-refractivity contribution is 6.53. The highest BCUT2D eigenvalue weighted by Gasteiger charge is 2.39. The third-order valence-electron chi connectivity index (χ3n) is 5.36. The molecule has 0 atom stereocenters. The number of aryl methyl sites for hydroxylation is 1. The fourth-order valence-electron chi connectivity index (χ4n) is 3.40. The third-order valence-corrected chi connectivity index (χ3v) is 5.96. The van der Waals surface area contributed by atoms with Crippen LogP contribution in [0.5, 0.6) is 0 Å². The summed E-state index contributed by atoms with van der Waals surface area (Å²) < 4.78 is 0. The number of carbonyl (C=O) groups is 3. The Hall–Kier alpha value is -3.61. The van der Waals surface area contributed by atoms with E-state index in [2.05, 4.69) is 10.6 Å². The summed E-state index contributed by atoms with van der Waals surface area (Å²) in [4.78, 5) is 39.3. The van der Waals surface area contributed by atoms with Gasteiger partial charge in [0.2, 0.25) is 0 Å². The number of hydrogen-bond donors (Lipinski definition) is 2. The number of nitrogens with zero attached hydrogens (tertiary/aromatic N) is 1. The molecule has 0 saturated carbocycles. The van der Waals surface area contributed by atoms with Crippen LogP contribution >= 0.6 is 23.2 Å². The number of nitrogens with one attached hydrogen (secondary N) is 2. The number of rotatable bonds is 5. The maximum absolute atomic E-state index is 12.9. The zero-order chi connectivity index (χ0) is 23.7. The summed E-state index contributed by atoms with van der Waals surface area (Å²) in [6, 6.07) is 18.5. The molecule has 6 nitrogen and oxygen atoms in total. The maximum Gasteiger partial charge on any atom is 0.283 e. The molecule has 8 heteroatoms. The Morgan fingerprint density at radius 3 is 2.30 bits per heavy atom. The summed E-state index contributed by atoms with van der Waals surface area (Å²) in [5.41, 5.74) is 3.88. The molecule has 0 bridgehead atoms. The number of halogens is 2. The average Bonchev–Trinajstić information content (AvgIpc) is 3.01. The standard InChI is InChI=1S/C25H19Cl2N3O3/c1-14-5-3-8-20(15(14)2)29-23(31)16-6-4-7-18(13-16)28-22-21(27)24(32)30(25(22)33)19-11-9-17(26)10-12-19/h3-13,28H,1-2H3,(H,29,31). The number of anilines is 3. The smallest absolute Gasteiger partial charge is 0.283 e. The van der Waals surface area contributed by atoms with Crippen molar-refractivity contribution in [3.05, 3.63) is 99.2 Å². The van der Waals surface area contributed by atoms with Crippen LogP contribution in [0.25, 0.3) is 0 Å². The minimum atomic E-state index is -0.643. The Morgan fingerprint density at radius 1 is 0.879 bits per heavy atom. The minimum absolute atomic E-state index is 0.0660. The van der Waals surface area contributed by atoms with Crippen LogP contribution in [-0.4, -0.2) is 17.7 Å². The molecule has 0 radical (unpaired) electrons. The Labute approximate surface area is 200 Å². The summed E-state index contributed by atoms with van der Waals surface area (Å²) in [5.74, 6) is -1.54. The molecule has 0 saturated heterocycles. The molecule has 3 aromatic carbocycles. The van der Waals surface area contributed by atoms with Crippen molar-refractivity contribution < 1.29 is 14.4 Å². The van der Waals surface area contributed by atoms with Gasteiger partial charge in [0.15, 0.2) is 0 Å². The Kier molecular flexibility index (Phi) is 6.22. The van der Waals surface area contributed by atoms with Crippen LogP contribution in [0.2, 0.25) is 5.02 Å². The quantitative estimate of drug-likeness (QED) is 0.463. The first-order valence-electron chi connectivity index (χ1n) is 10.0. The van der Waals surface area contributed by atoms with Crippen molar-refractivity contribution in [2.45, 2.75) is 13.8 Å². The van der Waals surface area contributed by atoms with E-state index in [0.717, 1.165) is 21.7 Å². The Balaban J connectivity index is 1.55. The largest absolute Gasteiger partial charge is 0.350 e. The second kappa shape index (κ2) is 9.10. The molecule has 0 fully saturated rings. The summed E-state index contributed by atoms with van der Waals surface area (Å²) in [7, 11) is 0. The van der Waals surface area contributed by atoms with E-state index in [1.54, 1.807) is 48.5 Å². The van der Waals surface area contributed by atoms with Gasteiger partial charge in [0.25, 0.3) is 17.7 Å². The molecule has 2 N–H and O–H groups in total. The maximum atomic E-state index is 12.9. The molecule has 1 aliphatic rings. The highest BCUT2D eigenvalue weighted by atomic mass is 35.5. The lowest BCUT2D eigenvalue weighted by molar-refractivity contribution is -0.120. The molecule has 33 heavy (non-hydrogen) atoms. The van der Waals surface area contributed by atoms with Crippen LogP contribution < -0.4 is 15.5 Å². The molecule has 0 unspecified atom stereocenters. The number of hydrogen-bond acceptors (Lipinski definition) is 4. The first-order chi connectivity index (χ1) is 15.8. The van der Waals surface area contributed by atoms with E-state index in [9.17, 15) is 14.4 Å². The van der Waals surface area contributed by atoms with Gasteiger partial charge in [-0.15, -0.1) is 0 Å². The van der Waals surface area contributed by atoms with Crippen LogP contribution in [0.15, 0.2) is 77.5 Å². The number of imide groups is 1. The van der Waals surface area contributed by atoms with Crippen molar-refractivity contribution in [1.29, 1.82) is 0 Å². The lowest BCUT2D eigenvalue weighted by Gasteiger charge is -2.15. The molecule has 166 valence electrons. The molecule has 0 aliphatic carbocycles. The average molecular weight is 480 g/mol. The van der Waals surface area contributed by atoms with Crippen LogP contribution in [0.4, 0.5) is 17.1 Å². The molecule has 1 heterocycles. The fourth-order valence-corrected chi connectivity index (χ4v) is 3.74. The van der Waals surface area contributed by atoms with E-state index in [4.69, 9.17) is 23.2 Å². The normalized spacial score (nSPS) is 13.5. The zero-order valence-corrected chi connectivity index (χ0v) is 19.3. The Morgan fingerprint density at radius 2 is 1.58 bits per heavy atom. The zero-order valence-electron chi connectivity index (χ0n) is 17.8. The van der Waals surface area contributed by atoms with E-state index in [1.807, 2.05) is 32.0 Å². The van der Waals surface area contributed by atoms with Gasteiger partial charge >= 0.3 is 0 Å². The van der Waals surface area contributed by atoms with Gasteiger partial charge in [-0.1, -0.05) is 41.4 Å². The van der Waals surface area contributed by atoms with Crippen molar-refractivity contribution in [1.82, 2.24) is 0 Å². The molecular formula is C25H19Cl2N3O3. The van der Waals surface area contributed by atoms with E-state index >= 15 is 0 Å². The Bertz CT molecular complexity index is 1320. The summed E-state index contributed by atoms with van der Waals surface area (Å²) in [6.07, 6.45) is 0. The number of carbonyl (C=O) groups excluding carboxylic acids is 3.